The molecular weight excluding hydrogens is 296 g/mol. The van der Waals surface area contributed by atoms with Crippen molar-refractivity contribution in [3.8, 4) is 0 Å². The normalized spacial score (nSPS) is 10.6. The van der Waals surface area contributed by atoms with Gasteiger partial charge in [0.15, 0.2) is 0 Å². The van der Waals surface area contributed by atoms with Crippen LogP contribution < -0.4 is 11.3 Å². The minimum absolute atomic E-state index is 0.426. The summed E-state index contributed by atoms with van der Waals surface area (Å²) in [5.41, 5.74) is 3.33. The molecule has 0 amide bonds. The number of rotatable bonds is 6. The maximum atomic E-state index is 5.85. The van der Waals surface area contributed by atoms with Gasteiger partial charge in [-0.2, -0.15) is 0 Å². The van der Waals surface area contributed by atoms with E-state index in [2.05, 4.69) is 15.4 Å². The number of nitrogens with one attached hydrogen (secondary N) is 1. The Balaban J connectivity index is 2.07. The van der Waals surface area contributed by atoms with Crippen molar-refractivity contribution in [3.63, 3.8) is 0 Å². The van der Waals surface area contributed by atoms with Crippen molar-refractivity contribution in [2.45, 2.75) is 17.3 Å². The fourth-order valence-electron chi connectivity index (χ4n) is 1.59. The third-order valence-corrected chi connectivity index (χ3v) is 3.71. The van der Waals surface area contributed by atoms with Gasteiger partial charge in [0.2, 0.25) is 0 Å². The standard InChI is InChI=1S/C13H15ClN4OS/c1-19-7-10-6-12(18-15)17-13(16-10)8-20-11-4-2-9(14)3-5-11/h2-6H,7-8,15H2,1H3,(H,16,17,18). The van der Waals surface area contributed by atoms with Gasteiger partial charge >= 0.3 is 0 Å². The summed E-state index contributed by atoms with van der Waals surface area (Å²) >= 11 is 7.49. The van der Waals surface area contributed by atoms with Gasteiger partial charge in [0.25, 0.3) is 0 Å². The first-order valence-corrected chi connectivity index (χ1v) is 7.28. The molecule has 0 fully saturated rings. The summed E-state index contributed by atoms with van der Waals surface area (Å²) in [6.45, 7) is 0.426. The predicted molar refractivity (Wildman–Crippen MR) is 81.6 cm³/mol. The van der Waals surface area contributed by atoms with Crippen LogP contribution in [0.1, 0.15) is 11.5 Å². The summed E-state index contributed by atoms with van der Waals surface area (Å²) in [6.07, 6.45) is 0. The van der Waals surface area contributed by atoms with Gasteiger partial charge < -0.3 is 10.2 Å². The molecule has 0 aliphatic carbocycles. The number of nitrogens with zero attached hydrogens (tertiary/aromatic N) is 2. The molecule has 0 radical (unpaired) electrons. The number of methoxy groups -OCH3 is 1. The zero-order valence-electron chi connectivity index (χ0n) is 11.0. The van der Waals surface area contributed by atoms with Crippen LogP contribution in [0.2, 0.25) is 5.02 Å². The van der Waals surface area contributed by atoms with Crippen molar-refractivity contribution < 1.29 is 4.74 Å². The van der Waals surface area contributed by atoms with E-state index in [1.807, 2.05) is 24.3 Å². The van der Waals surface area contributed by atoms with E-state index in [-0.39, 0.29) is 0 Å². The van der Waals surface area contributed by atoms with Crippen LogP contribution in [0.5, 0.6) is 0 Å². The molecule has 2 rings (SSSR count). The Morgan fingerprint density at radius 1 is 1.30 bits per heavy atom. The largest absolute Gasteiger partial charge is 0.378 e. The van der Waals surface area contributed by atoms with E-state index in [9.17, 15) is 0 Å². The van der Waals surface area contributed by atoms with Crippen LogP contribution in [0, 0.1) is 0 Å². The number of nitrogen functional groups attached to an aromatic ring is 1. The summed E-state index contributed by atoms with van der Waals surface area (Å²) in [5, 5.41) is 0.724. The number of hydrogen-bond acceptors (Lipinski definition) is 6. The van der Waals surface area contributed by atoms with Crippen molar-refractivity contribution in [1.82, 2.24) is 9.97 Å². The maximum Gasteiger partial charge on any atom is 0.144 e. The van der Waals surface area contributed by atoms with Crippen molar-refractivity contribution in [2.24, 2.45) is 5.84 Å². The topological polar surface area (TPSA) is 73.1 Å². The Kier molecular flexibility index (Phi) is 5.60. The van der Waals surface area contributed by atoms with Gasteiger partial charge in [-0.05, 0) is 24.3 Å². The van der Waals surface area contributed by atoms with Crippen LogP contribution in [0.15, 0.2) is 35.2 Å². The zero-order valence-corrected chi connectivity index (χ0v) is 12.5. The summed E-state index contributed by atoms with van der Waals surface area (Å²) in [6, 6.07) is 9.42. The molecule has 3 N–H and O–H groups in total. The van der Waals surface area contributed by atoms with Gasteiger partial charge in [0.1, 0.15) is 11.6 Å². The molecule has 0 saturated heterocycles. The molecule has 0 saturated carbocycles. The van der Waals surface area contributed by atoms with Crippen LogP contribution in [-0.2, 0) is 17.1 Å². The van der Waals surface area contributed by atoms with Crippen molar-refractivity contribution in [3.05, 3.63) is 46.9 Å². The van der Waals surface area contributed by atoms with E-state index in [0.717, 1.165) is 15.6 Å². The number of halogens is 1. The molecule has 2 aromatic rings. The minimum Gasteiger partial charge on any atom is -0.378 e. The first kappa shape index (κ1) is 15.1. The Morgan fingerprint density at radius 3 is 2.70 bits per heavy atom. The van der Waals surface area contributed by atoms with Crippen LogP contribution in [0.4, 0.5) is 5.82 Å². The van der Waals surface area contributed by atoms with Crippen LogP contribution in [0.25, 0.3) is 0 Å². The van der Waals surface area contributed by atoms with E-state index >= 15 is 0 Å². The first-order chi connectivity index (χ1) is 9.71. The number of hydrogen-bond donors (Lipinski definition) is 2. The monoisotopic (exact) mass is 310 g/mol. The highest BCUT2D eigenvalue weighted by Gasteiger charge is 2.05. The fraction of sp³-hybridized carbons (Fsp3) is 0.231. The van der Waals surface area contributed by atoms with Crippen LogP contribution >= 0.6 is 23.4 Å². The number of aromatic nitrogens is 2. The molecular formula is C13H15ClN4OS. The third-order valence-electron chi connectivity index (χ3n) is 2.45. The second-order valence-electron chi connectivity index (χ2n) is 3.98. The summed E-state index contributed by atoms with van der Waals surface area (Å²) in [4.78, 5) is 9.85. The number of thioether (sulfide) groups is 1. The molecule has 1 heterocycles. The SMILES string of the molecule is COCc1cc(NN)nc(CSc2ccc(Cl)cc2)n1. The molecule has 1 aromatic carbocycles. The van der Waals surface area contributed by atoms with E-state index in [4.69, 9.17) is 22.2 Å². The summed E-state index contributed by atoms with van der Waals surface area (Å²) in [5.74, 6) is 7.34. The van der Waals surface area contributed by atoms with E-state index in [1.165, 1.54) is 0 Å². The quantitative estimate of drug-likeness (QED) is 0.485. The lowest BCUT2D eigenvalue weighted by atomic mass is 10.4. The van der Waals surface area contributed by atoms with Crippen molar-refractivity contribution in [1.29, 1.82) is 0 Å². The molecule has 5 nitrogen and oxygen atoms in total. The van der Waals surface area contributed by atoms with Crippen molar-refractivity contribution >= 4 is 29.2 Å². The summed E-state index contributed by atoms with van der Waals surface area (Å²) in [7, 11) is 1.62. The Hall–Kier alpha value is -1.34. The fourth-order valence-corrected chi connectivity index (χ4v) is 2.47. The zero-order chi connectivity index (χ0) is 14.4. The smallest absolute Gasteiger partial charge is 0.144 e. The number of hydrazine groups is 1. The Morgan fingerprint density at radius 2 is 2.05 bits per heavy atom. The third kappa shape index (κ3) is 4.35. The van der Waals surface area contributed by atoms with Gasteiger partial charge in [0, 0.05) is 23.1 Å². The molecule has 7 heteroatoms. The molecule has 0 atom stereocenters. The molecule has 0 aliphatic rings. The first-order valence-electron chi connectivity index (χ1n) is 5.92. The van der Waals surface area contributed by atoms with Gasteiger partial charge in [-0.3, -0.25) is 0 Å². The maximum absolute atomic E-state index is 5.85. The lowest BCUT2D eigenvalue weighted by Crippen LogP contribution is -2.11. The van der Waals surface area contributed by atoms with E-state index < -0.39 is 0 Å². The number of anilines is 1. The van der Waals surface area contributed by atoms with Gasteiger partial charge in [-0.25, -0.2) is 15.8 Å². The van der Waals surface area contributed by atoms with Gasteiger partial charge in [0.05, 0.1) is 18.1 Å². The predicted octanol–water partition coefficient (Wildman–Crippen LogP) is 2.85. The van der Waals surface area contributed by atoms with E-state index in [1.54, 1.807) is 24.9 Å². The number of nitrogens with two attached hydrogens (primary N) is 1. The molecule has 0 bridgehead atoms. The van der Waals surface area contributed by atoms with Gasteiger partial charge in [-0.15, -0.1) is 11.8 Å². The van der Waals surface area contributed by atoms with Crippen LogP contribution in [0.3, 0.4) is 0 Å². The average molecular weight is 311 g/mol. The van der Waals surface area contributed by atoms with Gasteiger partial charge in [-0.1, -0.05) is 11.6 Å². The van der Waals surface area contributed by atoms with Crippen molar-refractivity contribution in [2.75, 3.05) is 12.5 Å². The molecule has 1 aromatic heterocycles. The summed E-state index contributed by atoms with van der Waals surface area (Å²) < 4.78 is 5.08. The molecule has 0 aliphatic heterocycles. The molecule has 0 spiro atoms. The lowest BCUT2D eigenvalue weighted by molar-refractivity contribution is 0.181. The molecule has 0 unspecified atom stereocenters. The highest BCUT2D eigenvalue weighted by molar-refractivity contribution is 7.98. The lowest BCUT2D eigenvalue weighted by Gasteiger charge is -2.07. The Labute approximate surface area is 126 Å². The second kappa shape index (κ2) is 7.44. The number of benzene rings is 1. The van der Waals surface area contributed by atoms with Crippen LogP contribution in [-0.4, -0.2) is 17.1 Å². The Bertz CT molecular complexity index is 565. The molecule has 106 valence electrons. The highest BCUT2D eigenvalue weighted by atomic mass is 35.5. The highest BCUT2D eigenvalue weighted by Crippen LogP contribution is 2.23. The number of ether oxygens (including phenoxy) is 1. The minimum atomic E-state index is 0.426. The molecule has 20 heavy (non-hydrogen) atoms. The van der Waals surface area contributed by atoms with E-state index in [0.29, 0.717) is 24.0 Å². The second-order valence-corrected chi connectivity index (χ2v) is 5.47. The average Bonchev–Trinajstić information content (AvgIpc) is 2.47.